The first-order chi connectivity index (χ1) is 26.1. The van der Waals surface area contributed by atoms with Crippen molar-refractivity contribution >= 4 is 8.78 Å². The molecule has 56 heavy (non-hydrogen) atoms. The Balaban J connectivity index is 0.000000165. The van der Waals surface area contributed by atoms with Crippen LogP contribution in [-0.2, 0) is 30.7 Å². The Morgan fingerprint density at radius 1 is 0.786 bits per heavy atom. The van der Waals surface area contributed by atoms with Crippen molar-refractivity contribution in [3.05, 3.63) is 164 Å². The van der Waals surface area contributed by atoms with E-state index in [0.29, 0.717) is 17.3 Å². The topological polar surface area (TPSA) is 0 Å². The molecule has 3 aromatic carbocycles. The minimum atomic E-state index is 0.164. The van der Waals surface area contributed by atoms with E-state index in [4.69, 9.17) is 0 Å². The molecular formula is C55H68Zr. The molecule has 0 saturated heterocycles. The SMILES string of the molecule is CC1=[C-]C(C)C=C1C(C)(C)C.C[C-]1C2=C3Cc4ccccc4C3=C3C=CCCC3C2(C)C(C)(C)C(C)(C)C1(C)C.Cc1ccc([C](=[Zr+2])c2ccc(C)cc2)cc1. The average molecular weight is 820 g/mol. The van der Waals surface area contributed by atoms with Crippen LogP contribution in [0.3, 0.4) is 0 Å². The molecule has 0 bridgehead atoms. The second-order valence-corrected chi connectivity index (χ2v) is 21.5. The van der Waals surface area contributed by atoms with E-state index < -0.39 is 0 Å². The standard InChI is InChI=1S/C29H37.C15H14.C11H17.Zr/c1-18-25-22-17-19-13-9-10-14-20(19)24(22)21-15-11-12-16-23(21)29(25,8)28(6,7)27(4,5)26(18,2)3;1-12-3-7-14(8-4-12)11-15-9-5-13(2)6-10-15;1-8-6-9(2)10(7-8)11(3,4)5;/h9-11,13-15,23H,12,16-17H2,1-8H3;3-10H,1-2H3;7-8H,1-5H3;/q-1;;-1;+2. The molecule has 0 radical (unpaired) electrons. The minimum absolute atomic E-state index is 0.164. The van der Waals surface area contributed by atoms with Gasteiger partial charge in [0.1, 0.15) is 0 Å². The number of aryl methyl sites for hydroxylation is 2. The zero-order valence-electron chi connectivity index (χ0n) is 37.4. The van der Waals surface area contributed by atoms with Crippen LogP contribution in [0.4, 0.5) is 0 Å². The van der Waals surface area contributed by atoms with Gasteiger partial charge >= 0.3 is 112 Å². The van der Waals surface area contributed by atoms with E-state index >= 15 is 0 Å². The van der Waals surface area contributed by atoms with E-state index in [1.165, 1.54) is 84.8 Å². The van der Waals surface area contributed by atoms with Gasteiger partial charge in [-0.3, -0.25) is 6.08 Å². The summed E-state index contributed by atoms with van der Waals surface area (Å²) in [6.45, 7) is 35.6. The molecule has 1 fully saturated rings. The monoisotopic (exact) mass is 818 g/mol. The second-order valence-electron chi connectivity index (χ2n) is 20.2. The van der Waals surface area contributed by atoms with E-state index in [0.717, 1.165) is 6.42 Å². The third-order valence-corrected chi connectivity index (χ3v) is 17.0. The molecule has 0 aromatic heterocycles. The number of hydrogen-bond acceptors (Lipinski definition) is 0. The molecule has 0 spiro atoms. The summed E-state index contributed by atoms with van der Waals surface area (Å²) in [5, 5.41) is 0. The van der Waals surface area contributed by atoms with E-state index in [1.807, 2.05) is 0 Å². The van der Waals surface area contributed by atoms with Crippen LogP contribution in [0.2, 0.25) is 0 Å². The van der Waals surface area contributed by atoms with Crippen LogP contribution in [0.1, 0.15) is 136 Å². The van der Waals surface area contributed by atoms with Crippen LogP contribution in [0.25, 0.3) is 5.57 Å². The van der Waals surface area contributed by atoms with Gasteiger partial charge in [-0.1, -0.05) is 159 Å². The van der Waals surface area contributed by atoms with Crippen LogP contribution in [0.5, 0.6) is 0 Å². The van der Waals surface area contributed by atoms with Gasteiger partial charge in [0.2, 0.25) is 0 Å². The molecule has 3 unspecified atom stereocenters. The second kappa shape index (κ2) is 15.3. The van der Waals surface area contributed by atoms with Gasteiger partial charge in [-0.05, 0) is 40.6 Å². The van der Waals surface area contributed by atoms with Gasteiger partial charge < -0.3 is 0 Å². The van der Waals surface area contributed by atoms with Crippen molar-refractivity contribution in [2.45, 2.75) is 123 Å². The summed E-state index contributed by atoms with van der Waals surface area (Å²) < 4.78 is 1.42. The van der Waals surface area contributed by atoms with E-state index in [2.05, 4.69) is 201 Å². The van der Waals surface area contributed by atoms with Gasteiger partial charge in [0.05, 0.1) is 0 Å². The third kappa shape index (κ3) is 7.10. The summed E-state index contributed by atoms with van der Waals surface area (Å²) in [6, 6.07) is 26.7. The van der Waals surface area contributed by atoms with Gasteiger partial charge in [0, 0.05) is 0 Å². The maximum atomic E-state index is 3.40. The van der Waals surface area contributed by atoms with Crippen molar-refractivity contribution in [1.82, 2.24) is 0 Å². The molecule has 8 rings (SSSR count). The predicted molar refractivity (Wildman–Crippen MR) is 239 cm³/mol. The fourth-order valence-electron chi connectivity index (χ4n) is 10.8. The van der Waals surface area contributed by atoms with Crippen molar-refractivity contribution in [3.63, 3.8) is 0 Å². The Morgan fingerprint density at radius 3 is 1.84 bits per heavy atom. The number of fused-ring (bicyclic) bond motifs is 6. The molecule has 3 aromatic rings. The molecule has 292 valence electrons. The summed E-state index contributed by atoms with van der Waals surface area (Å²) in [7, 11) is 0. The zero-order valence-corrected chi connectivity index (χ0v) is 39.9. The molecule has 0 aliphatic heterocycles. The fourth-order valence-corrected chi connectivity index (χ4v) is 11.6. The van der Waals surface area contributed by atoms with Crippen molar-refractivity contribution in [1.29, 1.82) is 0 Å². The summed E-state index contributed by atoms with van der Waals surface area (Å²) in [6.07, 6.45) is 14.2. The number of hydrogen-bond donors (Lipinski definition) is 0. The van der Waals surface area contributed by atoms with Gasteiger partial charge in [-0.2, -0.15) is 22.8 Å². The Morgan fingerprint density at radius 2 is 1.34 bits per heavy atom. The first-order valence-corrected chi connectivity index (χ1v) is 22.4. The van der Waals surface area contributed by atoms with Gasteiger partial charge in [-0.25, -0.2) is 11.5 Å². The van der Waals surface area contributed by atoms with Gasteiger partial charge in [0.25, 0.3) is 0 Å². The van der Waals surface area contributed by atoms with Crippen LogP contribution < -0.4 is 0 Å². The quantitative estimate of drug-likeness (QED) is 0.226. The van der Waals surface area contributed by atoms with Crippen molar-refractivity contribution < 1.29 is 24.2 Å². The number of benzene rings is 3. The maximum absolute atomic E-state index is 3.40. The van der Waals surface area contributed by atoms with Crippen LogP contribution >= 0.6 is 0 Å². The zero-order chi connectivity index (χ0) is 41.2. The van der Waals surface area contributed by atoms with Crippen molar-refractivity contribution in [3.8, 4) is 0 Å². The molecular weight excluding hydrogens is 752 g/mol. The van der Waals surface area contributed by atoms with Gasteiger partial charge in [-0.15, -0.1) is 6.92 Å². The summed E-state index contributed by atoms with van der Waals surface area (Å²) in [5.41, 5.74) is 18.7. The first-order valence-electron chi connectivity index (χ1n) is 21.2. The van der Waals surface area contributed by atoms with E-state index in [1.54, 1.807) is 28.2 Å². The Hall–Kier alpha value is -3.02. The molecule has 5 aliphatic rings. The summed E-state index contributed by atoms with van der Waals surface area (Å²) >= 11 is 1.46. The molecule has 0 heterocycles. The Bertz CT molecular complexity index is 2100. The van der Waals surface area contributed by atoms with Crippen molar-refractivity contribution in [2.24, 2.45) is 38.9 Å². The fraction of sp³-hybridized carbons (Fsp3) is 0.455. The molecule has 0 amide bonds. The predicted octanol–water partition coefficient (Wildman–Crippen LogP) is 14.7. The van der Waals surface area contributed by atoms with Crippen LogP contribution in [0.15, 0.2) is 119 Å². The van der Waals surface area contributed by atoms with Crippen LogP contribution in [-0.4, -0.2) is 3.21 Å². The normalized spacial score (nSPS) is 25.1. The summed E-state index contributed by atoms with van der Waals surface area (Å²) in [4.78, 5) is 0. The number of allylic oxidation sites excluding steroid dienone is 10. The molecule has 3 atom stereocenters. The first kappa shape index (κ1) is 42.6. The Kier molecular flexibility index (Phi) is 11.6. The third-order valence-electron chi connectivity index (χ3n) is 15.5. The number of rotatable bonds is 2. The van der Waals surface area contributed by atoms with Gasteiger partial charge in [0.15, 0.2) is 0 Å². The average Bonchev–Trinajstić information content (AvgIpc) is 3.71. The van der Waals surface area contributed by atoms with E-state index in [-0.39, 0.29) is 21.7 Å². The molecule has 1 saturated carbocycles. The molecule has 1 heteroatoms. The summed E-state index contributed by atoms with van der Waals surface area (Å²) in [5.74, 6) is 2.76. The van der Waals surface area contributed by atoms with Crippen molar-refractivity contribution in [2.75, 3.05) is 0 Å². The van der Waals surface area contributed by atoms with E-state index in [9.17, 15) is 0 Å². The Labute approximate surface area is 357 Å². The van der Waals surface area contributed by atoms with Crippen LogP contribution in [0, 0.1) is 64.8 Å². The molecule has 0 N–H and O–H groups in total. The molecule has 0 nitrogen and oxygen atoms in total. The molecule has 5 aliphatic carbocycles.